The van der Waals surface area contributed by atoms with E-state index in [-0.39, 0.29) is 0 Å². The standard InChI is InChI=1S/C16H32N2S/c1-5-17-15-14(7-6-8-16(15,3)4)11-18-9-10-19-12-13(18)2/h13-15,17H,5-12H2,1-4H3. The second-order valence-corrected chi connectivity index (χ2v) is 8.24. The Labute approximate surface area is 124 Å². The Hall–Kier alpha value is 0.270. The summed E-state index contributed by atoms with van der Waals surface area (Å²) < 4.78 is 0. The molecular weight excluding hydrogens is 252 g/mol. The van der Waals surface area contributed by atoms with E-state index in [1.165, 1.54) is 43.9 Å². The minimum Gasteiger partial charge on any atom is -0.313 e. The van der Waals surface area contributed by atoms with Crippen LogP contribution >= 0.6 is 11.8 Å². The van der Waals surface area contributed by atoms with Gasteiger partial charge in [-0.05, 0) is 37.6 Å². The molecule has 1 aliphatic heterocycles. The first-order valence-electron chi connectivity index (χ1n) is 8.09. The molecule has 0 aromatic heterocycles. The van der Waals surface area contributed by atoms with E-state index in [0.29, 0.717) is 11.5 Å². The van der Waals surface area contributed by atoms with E-state index in [1.807, 2.05) is 0 Å². The highest BCUT2D eigenvalue weighted by atomic mass is 32.2. The van der Waals surface area contributed by atoms with Crippen LogP contribution in [0.15, 0.2) is 0 Å². The van der Waals surface area contributed by atoms with Gasteiger partial charge in [-0.25, -0.2) is 0 Å². The second kappa shape index (κ2) is 6.82. The molecule has 3 unspecified atom stereocenters. The SMILES string of the molecule is CCNC1C(CN2CCSCC2C)CCCC1(C)C. The molecule has 3 heteroatoms. The summed E-state index contributed by atoms with van der Waals surface area (Å²) >= 11 is 2.12. The third kappa shape index (κ3) is 3.89. The van der Waals surface area contributed by atoms with Gasteiger partial charge in [-0.1, -0.05) is 27.2 Å². The number of nitrogens with zero attached hydrogens (tertiary/aromatic N) is 1. The van der Waals surface area contributed by atoms with Crippen molar-refractivity contribution in [1.82, 2.24) is 10.2 Å². The molecule has 1 aliphatic carbocycles. The Bertz CT molecular complexity index is 280. The maximum Gasteiger partial charge on any atom is 0.0159 e. The zero-order valence-corrected chi connectivity index (χ0v) is 14.1. The Morgan fingerprint density at radius 2 is 2.16 bits per heavy atom. The van der Waals surface area contributed by atoms with Gasteiger partial charge in [0.15, 0.2) is 0 Å². The lowest BCUT2D eigenvalue weighted by Crippen LogP contribution is -2.54. The molecule has 2 aliphatic rings. The first-order valence-corrected chi connectivity index (χ1v) is 9.25. The molecule has 2 nitrogen and oxygen atoms in total. The highest BCUT2D eigenvalue weighted by Crippen LogP contribution is 2.39. The van der Waals surface area contributed by atoms with E-state index >= 15 is 0 Å². The fourth-order valence-electron chi connectivity index (χ4n) is 3.97. The van der Waals surface area contributed by atoms with Gasteiger partial charge in [0.2, 0.25) is 0 Å². The van der Waals surface area contributed by atoms with E-state index < -0.39 is 0 Å². The average Bonchev–Trinajstić information content (AvgIpc) is 2.36. The summed E-state index contributed by atoms with van der Waals surface area (Å²) in [6.45, 7) is 13.3. The Morgan fingerprint density at radius 1 is 1.37 bits per heavy atom. The molecule has 0 radical (unpaired) electrons. The van der Waals surface area contributed by atoms with E-state index in [4.69, 9.17) is 0 Å². The van der Waals surface area contributed by atoms with Gasteiger partial charge in [-0.2, -0.15) is 11.8 Å². The van der Waals surface area contributed by atoms with Crippen molar-refractivity contribution in [1.29, 1.82) is 0 Å². The number of hydrogen-bond acceptors (Lipinski definition) is 3. The molecule has 19 heavy (non-hydrogen) atoms. The molecule has 112 valence electrons. The molecule has 1 heterocycles. The van der Waals surface area contributed by atoms with Gasteiger partial charge in [0.25, 0.3) is 0 Å². The maximum absolute atomic E-state index is 3.80. The van der Waals surface area contributed by atoms with Gasteiger partial charge in [0.1, 0.15) is 0 Å². The summed E-state index contributed by atoms with van der Waals surface area (Å²) in [6, 6.07) is 1.47. The lowest BCUT2D eigenvalue weighted by molar-refractivity contribution is 0.0721. The van der Waals surface area contributed by atoms with Crippen molar-refractivity contribution in [3.8, 4) is 0 Å². The number of thioether (sulfide) groups is 1. The quantitative estimate of drug-likeness (QED) is 0.853. The predicted octanol–water partition coefficient (Wildman–Crippen LogP) is 3.23. The molecule has 3 atom stereocenters. The van der Waals surface area contributed by atoms with Crippen LogP contribution < -0.4 is 5.32 Å². The summed E-state index contributed by atoms with van der Waals surface area (Å²) in [6.07, 6.45) is 4.21. The lowest BCUT2D eigenvalue weighted by atomic mass is 9.67. The van der Waals surface area contributed by atoms with Gasteiger partial charge < -0.3 is 5.32 Å². The number of hydrogen-bond donors (Lipinski definition) is 1. The van der Waals surface area contributed by atoms with Gasteiger partial charge in [0.05, 0.1) is 0 Å². The van der Waals surface area contributed by atoms with Gasteiger partial charge in [0, 0.05) is 36.7 Å². The van der Waals surface area contributed by atoms with Crippen LogP contribution in [-0.4, -0.2) is 48.1 Å². The van der Waals surface area contributed by atoms with Crippen LogP contribution in [0, 0.1) is 11.3 Å². The summed E-state index contributed by atoms with van der Waals surface area (Å²) in [5.41, 5.74) is 0.465. The van der Waals surface area contributed by atoms with Crippen LogP contribution in [0.4, 0.5) is 0 Å². The van der Waals surface area contributed by atoms with Crippen LogP contribution in [0.1, 0.15) is 47.0 Å². The predicted molar refractivity (Wildman–Crippen MR) is 86.9 cm³/mol. The zero-order chi connectivity index (χ0) is 13.9. The fraction of sp³-hybridized carbons (Fsp3) is 1.00. The molecule has 2 fully saturated rings. The molecule has 0 bridgehead atoms. The van der Waals surface area contributed by atoms with E-state index in [2.05, 4.69) is 49.7 Å². The first kappa shape index (κ1) is 15.7. The van der Waals surface area contributed by atoms with Gasteiger partial charge in [-0.15, -0.1) is 0 Å². The zero-order valence-electron chi connectivity index (χ0n) is 13.2. The van der Waals surface area contributed by atoms with Crippen molar-refractivity contribution in [2.45, 2.75) is 59.0 Å². The summed E-state index contributed by atoms with van der Waals surface area (Å²) in [7, 11) is 0. The Kier molecular flexibility index (Phi) is 5.62. The van der Waals surface area contributed by atoms with Crippen molar-refractivity contribution in [3.05, 3.63) is 0 Å². The third-order valence-electron chi connectivity index (χ3n) is 5.11. The summed E-state index contributed by atoms with van der Waals surface area (Å²) in [4.78, 5) is 2.74. The lowest BCUT2D eigenvalue weighted by Gasteiger charge is -2.47. The highest BCUT2D eigenvalue weighted by molar-refractivity contribution is 7.99. The molecule has 0 spiro atoms. The summed E-state index contributed by atoms with van der Waals surface area (Å²) in [5, 5.41) is 3.80. The van der Waals surface area contributed by atoms with Crippen molar-refractivity contribution in [2.24, 2.45) is 11.3 Å². The molecule has 0 aromatic carbocycles. The smallest absolute Gasteiger partial charge is 0.0159 e. The van der Waals surface area contributed by atoms with Crippen LogP contribution in [0.5, 0.6) is 0 Å². The van der Waals surface area contributed by atoms with E-state index in [0.717, 1.165) is 18.5 Å². The minimum atomic E-state index is 0.465. The topological polar surface area (TPSA) is 15.3 Å². The largest absolute Gasteiger partial charge is 0.313 e. The molecule has 0 amide bonds. The summed E-state index contributed by atoms with van der Waals surface area (Å²) in [5.74, 6) is 3.49. The molecule has 1 saturated carbocycles. The maximum atomic E-state index is 3.80. The van der Waals surface area contributed by atoms with Crippen molar-refractivity contribution in [2.75, 3.05) is 31.1 Å². The van der Waals surface area contributed by atoms with Crippen molar-refractivity contribution < 1.29 is 0 Å². The van der Waals surface area contributed by atoms with Crippen molar-refractivity contribution >= 4 is 11.8 Å². The second-order valence-electron chi connectivity index (χ2n) is 7.10. The third-order valence-corrected chi connectivity index (χ3v) is 6.30. The average molecular weight is 285 g/mol. The van der Waals surface area contributed by atoms with E-state index in [1.54, 1.807) is 0 Å². The van der Waals surface area contributed by atoms with Gasteiger partial charge >= 0.3 is 0 Å². The van der Waals surface area contributed by atoms with E-state index in [9.17, 15) is 0 Å². The normalized spacial score (nSPS) is 36.3. The Morgan fingerprint density at radius 3 is 2.84 bits per heavy atom. The van der Waals surface area contributed by atoms with Crippen LogP contribution in [0.3, 0.4) is 0 Å². The molecule has 1 N–H and O–H groups in total. The van der Waals surface area contributed by atoms with Crippen LogP contribution in [0.25, 0.3) is 0 Å². The number of rotatable bonds is 4. The minimum absolute atomic E-state index is 0.465. The number of nitrogens with one attached hydrogen (secondary N) is 1. The van der Waals surface area contributed by atoms with Crippen LogP contribution in [-0.2, 0) is 0 Å². The first-order chi connectivity index (χ1) is 9.04. The Balaban J connectivity index is 1.99. The van der Waals surface area contributed by atoms with Crippen molar-refractivity contribution in [3.63, 3.8) is 0 Å². The molecule has 2 rings (SSSR count). The molecule has 0 aromatic rings. The fourth-order valence-corrected chi connectivity index (χ4v) is 5.06. The van der Waals surface area contributed by atoms with Crippen LogP contribution in [0.2, 0.25) is 0 Å². The monoisotopic (exact) mass is 284 g/mol. The van der Waals surface area contributed by atoms with Gasteiger partial charge in [-0.3, -0.25) is 4.90 Å². The molecular formula is C16H32N2S. The molecule has 1 saturated heterocycles. The highest BCUT2D eigenvalue weighted by Gasteiger charge is 2.39.